The van der Waals surface area contributed by atoms with Gasteiger partial charge in [-0.25, -0.2) is 4.79 Å². The number of thiophene rings is 1. The Bertz CT molecular complexity index is 1130. The highest BCUT2D eigenvalue weighted by Gasteiger charge is 2.36. The van der Waals surface area contributed by atoms with Crippen molar-refractivity contribution in [1.29, 1.82) is 0 Å². The highest BCUT2D eigenvalue weighted by Crippen LogP contribution is 2.47. The van der Waals surface area contributed by atoms with E-state index in [9.17, 15) is 9.59 Å². The fourth-order valence-corrected chi connectivity index (χ4v) is 5.52. The van der Waals surface area contributed by atoms with Crippen LogP contribution in [-0.4, -0.2) is 41.7 Å². The average molecular weight is 464 g/mol. The predicted octanol–water partition coefficient (Wildman–Crippen LogP) is 3.30. The first-order valence-electron chi connectivity index (χ1n) is 11.1. The third-order valence-electron chi connectivity index (χ3n) is 6.20. The van der Waals surface area contributed by atoms with E-state index in [-0.39, 0.29) is 18.4 Å². The van der Waals surface area contributed by atoms with Gasteiger partial charge in [-0.15, -0.1) is 11.3 Å². The van der Waals surface area contributed by atoms with Crippen LogP contribution in [0.2, 0.25) is 0 Å². The molecule has 0 saturated heterocycles. The van der Waals surface area contributed by atoms with Gasteiger partial charge in [0, 0.05) is 42.5 Å². The van der Waals surface area contributed by atoms with Crippen molar-refractivity contribution in [2.45, 2.75) is 31.2 Å². The van der Waals surface area contributed by atoms with Gasteiger partial charge < -0.3 is 20.5 Å². The van der Waals surface area contributed by atoms with Crippen LogP contribution < -0.4 is 15.4 Å². The van der Waals surface area contributed by atoms with Crippen LogP contribution in [0.5, 0.6) is 5.75 Å². The lowest BCUT2D eigenvalue weighted by atomic mass is 9.92. The number of pyridine rings is 1. The molecule has 1 aliphatic heterocycles. The maximum absolute atomic E-state index is 12.9. The second-order valence-electron chi connectivity index (χ2n) is 8.41. The van der Waals surface area contributed by atoms with Crippen molar-refractivity contribution in [3.05, 3.63) is 80.8 Å². The summed E-state index contributed by atoms with van der Waals surface area (Å²) in [5.41, 5.74) is 4.71. The van der Waals surface area contributed by atoms with Gasteiger partial charge in [0.25, 0.3) is 5.91 Å². The molecule has 3 aromatic rings. The van der Waals surface area contributed by atoms with Crippen molar-refractivity contribution < 1.29 is 19.4 Å². The normalized spacial score (nSPS) is 16.9. The minimum absolute atomic E-state index is 0.0350. The third-order valence-corrected chi connectivity index (χ3v) is 7.44. The third kappa shape index (κ3) is 4.91. The molecule has 1 amide bonds. The SMILES string of the molecule is O=C(O)COc1ccc(C(CNC(=O)c2cc3c(s2)CCNC3)CC2c3cccnc32)cc1. The number of carboxylic acid groups (broad SMARTS) is 1. The zero-order valence-electron chi connectivity index (χ0n) is 18.0. The van der Waals surface area contributed by atoms with Gasteiger partial charge in [-0.1, -0.05) is 18.2 Å². The molecular weight excluding hydrogens is 438 g/mol. The Balaban J connectivity index is 1.28. The quantitative estimate of drug-likeness (QED) is 0.450. The number of amides is 1. The van der Waals surface area contributed by atoms with Crippen molar-refractivity contribution in [2.24, 2.45) is 0 Å². The number of carbonyl (C=O) groups excluding carboxylic acids is 1. The van der Waals surface area contributed by atoms with Crippen LogP contribution in [0.3, 0.4) is 0 Å². The van der Waals surface area contributed by atoms with Gasteiger partial charge in [-0.3, -0.25) is 9.78 Å². The van der Waals surface area contributed by atoms with Crippen LogP contribution in [0.25, 0.3) is 0 Å². The molecule has 1 aliphatic carbocycles. The molecule has 0 radical (unpaired) electrons. The molecule has 0 bridgehead atoms. The van der Waals surface area contributed by atoms with Crippen molar-refractivity contribution in [1.82, 2.24) is 15.6 Å². The molecule has 2 aromatic heterocycles. The Hall–Kier alpha value is -3.23. The van der Waals surface area contributed by atoms with Crippen LogP contribution in [-0.2, 0) is 17.8 Å². The first-order chi connectivity index (χ1) is 16.1. The van der Waals surface area contributed by atoms with E-state index in [1.165, 1.54) is 16.0 Å². The Labute approximate surface area is 195 Å². The van der Waals surface area contributed by atoms with E-state index in [0.29, 0.717) is 18.2 Å². The molecule has 0 saturated carbocycles. The highest BCUT2D eigenvalue weighted by molar-refractivity contribution is 7.14. The average Bonchev–Trinajstić information content (AvgIpc) is 3.34. The number of hydrogen-bond donors (Lipinski definition) is 3. The molecule has 33 heavy (non-hydrogen) atoms. The largest absolute Gasteiger partial charge is 0.482 e. The number of fused-ring (bicyclic) bond motifs is 2. The molecule has 3 heterocycles. The Morgan fingerprint density at radius 2 is 2.12 bits per heavy atom. The summed E-state index contributed by atoms with van der Waals surface area (Å²) in [5, 5.41) is 15.3. The summed E-state index contributed by atoms with van der Waals surface area (Å²) in [7, 11) is 0. The minimum Gasteiger partial charge on any atom is -0.482 e. The summed E-state index contributed by atoms with van der Waals surface area (Å²) < 4.78 is 5.26. The number of carboxylic acids is 1. The molecule has 8 heteroatoms. The lowest BCUT2D eigenvalue weighted by Crippen LogP contribution is -2.28. The molecule has 170 valence electrons. The summed E-state index contributed by atoms with van der Waals surface area (Å²) in [5.74, 6) is -0.127. The zero-order chi connectivity index (χ0) is 22.8. The molecule has 5 rings (SSSR count). The number of nitrogens with zero attached hydrogens (tertiary/aromatic N) is 1. The first kappa shape index (κ1) is 21.6. The molecule has 1 aromatic carbocycles. The van der Waals surface area contributed by atoms with Gasteiger partial charge in [0.15, 0.2) is 6.61 Å². The van der Waals surface area contributed by atoms with E-state index in [1.807, 2.05) is 30.5 Å². The summed E-state index contributed by atoms with van der Waals surface area (Å²) in [6, 6.07) is 13.5. The van der Waals surface area contributed by atoms with Gasteiger partial charge >= 0.3 is 5.97 Å². The molecule has 3 N–H and O–H groups in total. The van der Waals surface area contributed by atoms with E-state index in [4.69, 9.17) is 9.84 Å². The van der Waals surface area contributed by atoms with E-state index in [1.54, 1.807) is 23.5 Å². The number of ether oxygens (including phenoxy) is 1. The first-order valence-corrected chi connectivity index (χ1v) is 11.9. The Kier molecular flexibility index (Phi) is 6.11. The summed E-state index contributed by atoms with van der Waals surface area (Å²) in [6.45, 7) is 1.92. The number of hydrogen-bond acceptors (Lipinski definition) is 6. The molecule has 0 fully saturated rings. The van der Waals surface area contributed by atoms with Gasteiger partial charge in [0.2, 0.25) is 0 Å². The summed E-state index contributed by atoms with van der Waals surface area (Å²) in [4.78, 5) is 30.2. The van der Waals surface area contributed by atoms with E-state index < -0.39 is 5.97 Å². The number of carbonyl (C=O) groups is 2. The molecule has 2 atom stereocenters. The van der Waals surface area contributed by atoms with Crippen LogP contribution in [0, 0.1) is 0 Å². The van der Waals surface area contributed by atoms with Crippen LogP contribution in [0.1, 0.15) is 55.2 Å². The fraction of sp³-hybridized carbons (Fsp3) is 0.320. The Morgan fingerprint density at radius 3 is 2.85 bits per heavy atom. The van der Waals surface area contributed by atoms with Gasteiger partial charge in [0.1, 0.15) is 5.75 Å². The van der Waals surface area contributed by atoms with Crippen molar-refractivity contribution in [3.63, 3.8) is 0 Å². The zero-order valence-corrected chi connectivity index (χ0v) is 18.9. The standard InChI is InChI=1S/C25H25N3O4S/c29-23(30)14-32-18-5-3-15(4-6-18)16(10-20-19-2-1-8-27-24(19)20)13-28-25(31)22-11-17-12-26-9-7-21(17)33-22/h1-6,8,11,16,20,26H,7,9-10,12-14H2,(H,28,31)(H,29,30). The van der Waals surface area contributed by atoms with Crippen molar-refractivity contribution in [2.75, 3.05) is 19.7 Å². The van der Waals surface area contributed by atoms with E-state index in [2.05, 4.69) is 21.7 Å². The van der Waals surface area contributed by atoms with Crippen LogP contribution >= 0.6 is 11.3 Å². The molecular formula is C25H25N3O4S. The van der Waals surface area contributed by atoms with Crippen LogP contribution in [0.4, 0.5) is 0 Å². The maximum atomic E-state index is 12.9. The molecule has 0 spiro atoms. The van der Waals surface area contributed by atoms with E-state index >= 15 is 0 Å². The molecule has 7 nitrogen and oxygen atoms in total. The lowest BCUT2D eigenvalue weighted by molar-refractivity contribution is -0.139. The van der Waals surface area contributed by atoms with Gasteiger partial charge in [-0.2, -0.15) is 0 Å². The number of aromatic nitrogens is 1. The fourth-order valence-electron chi connectivity index (χ4n) is 4.42. The minimum atomic E-state index is -1.01. The highest BCUT2D eigenvalue weighted by atomic mass is 32.1. The summed E-state index contributed by atoms with van der Waals surface area (Å²) >= 11 is 1.59. The number of rotatable bonds is 9. The number of benzene rings is 1. The van der Waals surface area contributed by atoms with Gasteiger partial charge in [0.05, 0.1) is 10.6 Å². The number of nitrogens with one attached hydrogen (secondary N) is 2. The number of aliphatic carboxylic acids is 1. The molecule has 2 aliphatic rings. The van der Waals surface area contributed by atoms with Crippen molar-refractivity contribution in [3.8, 4) is 5.75 Å². The van der Waals surface area contributed by atoms with Gasteiger partial charge in [-0.05, 0) is 53.8 Å². The van der Waals surface area contributed by atoms with Crippen LogP contribution in [0.15, 0.2) is 48.7 Å². The second kappa shape index (κ2) is 9.33. The van der Waals surface area contributed by atoms with Crippen molar-refractivity contribution >= 4 is 23.2 Å². The maximum Gasteiger partial charge on any atom is 0.341 e. The summed E-state index contributed by atoms with van der Waals surface area (Å²) in [6.07, 6.45) is 3.64. The smallest absolute Gasteiger partial charge is 0.341 e. The Morgan fingerprint density at radius 1 is 1.27 bits per heavy atom. The predicted molar refractivity (Wildman–Crippen MR) is 125 cm³/mol. The monoisotopic (exact) mass is 463 g/mol. The topological polar surface area (TPSA) is 101 Å². The lowest BCUT2D eigenvalue weighted by Gasteiger charge is -2.18. The van der Waals surface area contributed by atoms with E-state index in [0.717, 1.165) is 42.1 Å². The second-order valence-corrected chi connectivity index (χ2v) is 9.55. The molecule has 2 unspecified atom stereocenters.